The molecular formula is C9H7N4O4P. The van der Waals surface area contributed by atoms with Crippen molar-refractivity contribution >= 4 is 24.1 Å². The number of hydrogen-bond donors (Lipinski definition) is 3. The molecule has 0 radical (unpaired) electrons. The lowest BCUT2D eigenvalue weighted by Crippen LogP contribution is -2.05. The Kier molecular flexibility index (Phi) is 2.30. The first-order chi connectivity index (χ1) is 8.55. The van der Waals surface area contributed by atoms with Gasteiger partial charge in [0.1, 0.15) is 10.8 Å². The fourth-order valence-electron chi connectivity index (χ4n) is 1.54. The molecule has 9 heteroatoms. The number of imidazole rings is 1. The lowest BCUT2D eigenvalue weighted by atomic mass is 10.4. The number of nitrogens with zero attached hydrogens (tertiary/aromatic N) is 3. The van der Waals surface area contributed by atoms with Gasteiger partial charge >= 0.3 is 7.60 Å². The minimum Gasteiger partial charge on any atom is -0.460 e. The lowest BCUT2D eigenvalue weighted by molar-refractivity contribution is 0.387. The molecule has 0 amide bonds. The van der Waals surface area contributed by atoms with Crippen LogP contribution < -0.4 is 5.30 Å². The Hall–Kier alpha value is -2.02. The van der Waals surface area contributed by atoms with Gasteiger partial charge < -0.3 is 19.2 Å². The van der Waals surface area contributed by atoms with Crippen LogP contribution in [0.2, 0.25) is 0 Å². The number of fused-ring (bicyclic) bond motifs is 1. The Morgan fingerprint density at radius 1 is 1.33 bits per heavy atom. The number of hydrogen-bond acceptors (Lipinski definition) is 5. The van der Waals surface area contributed by atoms with E-state index in [-0.39, 0.29) is 16.9 Å². The second-order valence-electron chi connectivity index (χ2n) is 3.51. The van der Waals surface area contributed by atoms with Gasteiger partial charge in [0.15, 0.2) is 17.2 Å². The van der Waals surface area contributed by atoms with Gasteiger partial charge in [0.25, 0.3) is 0 Å². The number of aromatic nitrogens is 4. The Bertz CT molecular complexity index is 759. The largest absolute Gasteiger partial charge is 0.460 e. The zero-order valence-electron chi connectivity index (χ0n) is 8.81. The van der Waals surface area contributed by atoms with E-state index < -0.39 is 7.60 Å². The average molecular weight is 266 g/mol. The molecule has 0 fully saturated rings. The van der Waals surface area contributed by atoms with Crippen molar-refractivity contribution in [2.45, 2.75) is 0 Å². The van der Waals surface area contributed by atoms with Crippen molar-refractivity contribution in [3.63, 3.8) is 0 Å². The van der Waals surface area contributed by atoms with E-state index in [2.05, 4.69) is 19.9 Å². The summed E-state index contributed by atoms with van der Waals surface area (Å²) in [5.41, 5.74) is 1.02. The van der Waals surface area contributed by atoms with E-state index in [0.29, 0.717) is 11.2 Å². The maximum atomic E-state index is 11.3. The van der Waals surface area contributed by atoms with Gasteiger partial charge in [-0.25, -0.2) is 15.0 Å². The molecule has 0 atom stereocenters. The monoisotopic (exact) mass is 266 g/mol. The predicted octanol–water partition coefficient (Wildman–Crippen LogP) is 0.416. The molecule has 3 heterocycles. The van der Waals surface area contributed by atoms with Crippen LogP contribution in [0.15, 0.2) is 29.3 Å². The zero-order valence-corrected chi connectivity index (χ0v) is 9.70. The molecule has 3 aromatic heterocycles. The molecule has 3 aromatic rings. The van der Waals surface area contributed by atoms with Crippen molar-refractivity contribution in [1.82, 2.24) is 19.9 Å². The SMILES string of the molecule is O=P(O)(O)c1ccoc1-c1ncc2[nH]cnc2n1. The quantitative estimate of drug-likeness (QED) is 0.574. The summed E-state index contributed by atoms with van der Waals surface area (Å²) in [4.78, 5) is 33.1. The van der Waals surface area contributed by atoms with Crippen LogP contribution in [0.5, 0.6) is 0 Å². The summed E-state index contributed by atoms with van der Waals surface area (Å²) < 4.78 is 16.3. The highest BCUT2D eigenvalue weighted by Crippen LogP contribution is 2.37. The number of rotatable bonds is 2. The minimum absolute atomic E-state index is 0.0479. The van der Waals surface area contributed by atoms with Crippen molar-refractivity contribution in [3.8, 4) is 11.6 Å². The van der Waals surface area contributed by atoms with Crippen molar-refractivity contribution in [2.75, 3.05) is 0 Å². The highest BCUT2D eigenvalue weighted by molar-refractivity contribution is 7.60. The topological polar surface area (TPSA) is 125 Å². The van der Waals surface area contributed by atoms with E-state index in [1.54, 1.807) is 0 Å². The van der Waals surface area contributed by atoms with Gasteiger partial charge in [-0.3, -0.25) is 4.57 Å². The van der Waals surface area contributed by atoms with E-state index >= 15 is 0 Å². The Morgan fingerprint density at radius 3 is 2.94 bits per heavy atom. The lowest BCUT2D eigenvalue weighted by Gasteiger charge is -2.02. The fraction of sp³-hybridized carbons (Fsp3) is 0. The third kappa shape index (κ3) is 1.72. The van der Waals surface area contributed by atoms with E-state index in [1.165, 1.54) is 24.9 Å². The Morgan fingerprint density at radius 2 is 2.17 bits per heavy atom. The molecule has 0 spiro atoms. The summed E-state index contributed by atoms with van der Waals surface area (Å²) in [5.74, 6) is 0.0335. The molecule has 3 rings (SSSR count). The molecule has 92 valence electrons. The van der Waals surface area contributed by atoms with Crippen LogP contribution in [0.25, 0.3) is 22.7 Å². The number of furan rings is 1. The summed E-state index contributed by atoms with van der Waals surface area (Å²) in [7, 11) is -4.42. The van der Waals surface area contributed by atoms with Crippen LogP contribution in [0.4, 0.5) is 0 Å². The molecule has 8 nitrogen and oxygen atoms in total. The van der Waals surface area contributed by atoms with Gasteiger partial charge in [-0.2, -0.15) is 0 Å². The van der Waals surface area contributed by atoms with Crippen LogP contribution in [0.3, 0.4) is 0 Å². The minimum atomic E-state index is -4.42. The molecule has 0 aliphatic heterocycles. The highest BCUT2D eigenvalue weighted by Gasteiger charge is 2.26. The molecule has 0 saturated carbocycles. The van der Waals surface area contributed by atoms with Gasteiger partial charge in [-0.05, 0) is 6.07 Å². The smallest absolute Gasteiger partial charge is 0.360 e. The molecule has 0 aromatic carbocycles. The molecular weight excluding hydrogens is 259 g/mol. The zero-order chi connectivity index (χ0) is 12.8. The normalized spacial score (nSPS) is 12.1. The molecule has 3 N–H and O–H groups in total. The van der Waals surface area contributed by atoms with Crippen molar-refractivity contribution in [1.29, 1.82) is 0 Å². The van der Waals surface area contributed by atoms with Crippen LogP contribution in [0.1, 0.15) is 0 Å². The van der Waals surface area contributed by atoms with E-state index in [1.807, 2.05) is 0 Å². The number of H-pyrrole nitrogens is 1. The average Bonchev–Trinajstić information content (AvgIpc) is 2.96. The van der Waals surface area contributed by atoms with Gasteiger partial charge in [0.2, 0.25) is 0 Å². The maximum absolute atomic E-state index is 11.3. The van der Waals surface area contributed by atoms with Crippen LogP contribution >= 0.6 is 7.60 Å². The summed E-state index contributed by atoms with van der Waals surface area (Å²) in [6, 6.07) is 1.20. The summed E-state index contributed by atoms with van der Waals surface area (Å²) in [6.07, 6.45) is 4.10. The molecule has 0 aliphatic carbocycles. The molecule has 0 aliphatic rings. The van der Waals surface area contributed by atoms with Gasteiger partial charge in [0, 0.05) is 0 Å². The van der Waals surface area contributed by atoms with E-state index in [0.717, 1.165) is 0 Å². The molecule has 0 saturated heterocycles. The first kappa shape index (κ1) is 11.1. The second kappa shape index (κ2) is 3.74. The van der Waals surface area contributed by atoms with Crippen LogP contribution in [-0.4, -0.2) is 29.7 Å². The van der Waals surface area contributed by atoms with E-state index in [9.17, 15) is 4.57 Å². The maximum Gasteiger partial charge on any atom is 0.360 e. The fourth-order valence-corrected chi connectivity index (χ4v) is 2.22. The second-order valence-corrected chi connectivity index (χ2v) is 5.08. The van der Waals surface area contributed by atoms with Gasteiger partial charge in [0.05, 0.1) is 18.8 Å². The van der Waals surface area contributed by atoms with Gasteiger partial charge in [-0.15, -0.1) is 0 Å². The predicted molar refractivity (Wildman–Crippen MR) is 61.1 cm³/mol. The first-order valence-electron chi connectivity index (χ1n) is 4.86. The van der Waals surface area contributed by atoms with Crippen LogP contribution in [0, 0.1) is 0 Å². The number of nitrogens with one attached hydrogen (secondary N) is 1. The van der Waals surface area contributed by atoms with Crippen molar-refractivity contribution < 1.29 is 18.8 Å². The molecule has 18 heavy (non-hydrogen) atoms. The van der Waals surface area contributed by atoms with Crippen LogP contribution in [-0.2, 0) is 4.57 Å². The summed E-state index contributed by atoms with van der Waals surface area (Å²) in [6.45, 7) is 0. The third-order valence-corrected chi connectivity index (χ3v) is 3.32. The first-order valence-corrected chi connectivity index (χ1v) is 6.47. The highest BCUT2D eigenvalue weighted by atomic mass is 31.2. The number of aromatic amines is 1. The Balaban J connectivity index is 2.20. The Labute approximate surface area is 99.9 Å². The van der Waals surface area contributed by atoms with Crippen molar-refractivity contribution in [3.05, 3.63) is 24.9 Å². The summed E-state index contributed by atoms with van der Waals surface area (Å²) in [5, 5.41) is -0.239. The van der Waals surface area contributed by atoms with Gasteiger partial charge in [-0.1, -0.05) is 0 Å². The van der Waals surface area contributed by atoms with Crippen molar-refractivity contribution in [2.24, 2.45) is 0 Å². The molecule has 0 unspecified atom stereocenters. The standard InChI is InChI=1S/C9H7N4O4P/c14-18(15,16)6-1-2-17-7(6)9-10-3-5-8(13-9)12-4-11-5/h1-4H,(H2,14,15,16)(H,10,11,12,13). The summed E-state index contributed by atoms with van der Waals surface area (Å²) >= 11 is 0. The molecule has 0 bridgehead atoms. The third-order valence-electron chi connectivity index (χ3n) is 2.34. The van der Waals surface area contributed by atoms with E-state index in [4.69, 9.17) is 14.2 Å².